The van der Waals surface area contributed by atoms with Crippen LogP contribution in [0, 0.1) is 5.92 Å². The van der Waals surface area contributed by atoms with E-state index in [9.17, 15) is 9.90 Å². The third kappa shape index (κ3) is 2.63. The highest BCUT2D eigenvalue weighted by molar-refractivity contribution is 9.10. The maximum Gasteiger partial charge on any atom is 0.253 e. The normalized spacial score (nSPS) is 29.9. The van der Waals surface area contributed by atoms with Crippen molar-refractivity contribution in [3.63, 3.8) is 0 Å². The van der Waals surface area contributed by atoms with E-state index < -0.39 is 5.60 Å². The number of hydrogen-bond donors (Lipinski definition) is 1. The lowest BCUT2D eigenvalue weighted by Crippen LogP contribution is -2.54. The van der Waals surface area contributed by atoms with Gasteiger partial charge in [-0.1, -0.05) is 28.8 Å². The number of fused-ring (bicyclic) bond motifs is 1. The summed E-state index contributed by atoms with van der Waals surface area (Å²) in [5.74, 6) is 0.342. The van der Waals surface area contributed by atoms with Crippen molar-refractivity contribution in [1.29, 1.82) is 0 Å². The number of benzene rings is 1. The van der Waals surface area contributed by atoms with Gasteiger partial charge in [-0.05, 0) is 43.5 Å². The molecule has 20 heavy (non-hydrogen) atoms. The molecule has 1 amide bonds. The third-order valence-electron chi connectivity index (χ3n) is 4.81. The van der Waals surface area contributed by atoms with Crippen LogP contribution in [0.5, 0.6) is 0 Å². The van der Waals surface area contributed by atoms with Crippen LogP contribution in [0.4, 0.5) is 0 Å². The van der Waals surface area contributed by atoms with Gasteiger partial charge >= 0.3 is 0 Å². The van der Waals surface area contributed by atoms with Crippen molar-refractivity contribution in [3.8, 4) is 0 Å². The molecule has 1 aromatic rings. The van der Waals surface area contributed by atoms with Gasteiger partial charge in [0.2, 0.25) is 0 Å². The molecule has 2 atom stereocenters. The highest BCUT2D eigenvalue weighted by atomic mass is 79.9. The standard InChI is InChI=1S/C16H20BrNO2/c17-14-6-4-12(5-7-14)15(19)18-10-9-16(20)8-2-1-3-13(16)11-18/h4-7,13,20H,1-3,8-11H2. The van der Waals surface area contributed by atoms with E-state index in [1.54, 1.807) is 0 Å². The maximum absolute atomic E-state index is 12.5. The smallest absolute Gasteiger partial charge is 0.253 e. The summed E-state index contributed by atoms with van der Waals surface area (Å²) in [6.07, 6.45) is 4.96. The quantitative estimate of drug-likeness (QED) is 0.854. The average molecular weight is 338 g/mol. The van der Waals surface area contributed by atoms with Crippen LogP contribution >= 0.6 is 15.9 Å². The number of nitrogens with zero attached hydrogens (tertiary/aromatic N) is 1. The molecule has 1 N–H and O–H groups in total. The fourth-order valence-corrected chi connectivity index (χ4v) is 3.79. The highest BCUT2D eigenvalue weighted by Crippen LogP contribution is 2.40. The largest absolute Gasteiger partial charge is 0.389 e. The van der Waals surface area contributed by atoms with Gasteiger partial charge in [-0.15, -0.1) is 0 Å². The van der Waals surface area contributed by atoms with Gasteiger partial charge in [0.05, 0.1) is 5.60 Å². The highest BCUT2D eigenvalue weighted by Gasteiger charge is 2.43. The molecular formula is C16H20BrNO2. The Hall–Kier alpha value is -0.870. The fraction of sp³-hybridized carbons (Fsp3) is 0.562. The zero-order valence-electron chi connectivity index (χ0n) is 11.5. The minimum atomic E-state index is -0.519. The number of carbonyl (C=O) groups excluding carboxylic acids is 1. The predicted molar refractivity (Wildman–Crippen MR) is 81.6 cm³/mol. The van der Waals surface area contributed by atoms with Crippen molar-refractivity contribution >= 4 is 21.8 Å². The van der Waals surface area contributed by atoms with E-state index in [1.807, 2.05) is 29.2 Å². The predicted octanol–water partition coefficient (Wildman–Crippen LogP) is 3.22. The van der Waals surface area contributed by atoms with Crippen LogP contribution in [0.15, 0.2) is 28.7 Å². The average Bonchev–Trinajstić information content (AvgIpc) is 2.46. The molecule has 2 unspecified atom stereocenters. The Balaban J connectivity index is 1.72. The Labute approximate surface area is 128 Å². The Morgan fingerprint density at radius 1 is 1.25 bits per heavy atom. The monoisotopic (exact) mass is 337 g/mol. The van der Waals surface area contributed by atoms with Crippen LogP contribution in [0.1, 0.15) is 42.5 Å². The molecule has 4 heteroatoms. The Morgan fingerprint density at radius 2 is 2.00 bits per heavy atom. The number of halogens is 1. The van der Waals surface area contributed by atoms with Crippen molar-refractivity contribution in [3.05, 3.63) is 34.3 Å². The van der Waals surface area contributed by atoms with E-state index in [4.69, 9.17) is 0 Å². The summed E-state index contributed by atoms with van der Waals surface area (Å²) < 4.78 is 0.981. The summed E-state index contributed by atoms with van der Waals surface area (Å²) >= 11 is 3.39. The molecule has 1 saturated heterocycles. The Kier molecular flexibility index (Phi) is 3.87. The van der Waals surface area contributed by atoms with Crippen LogP contribution in [0.25, 0.3) is 0 Å². The van der Waals surface area contributed by atoms with Crippen LogP contribution in [0.2, 0.25) is 0 Å². The molecule has 0 spiro atoms. The van der Waals surface area contributed by atoms with E-state index in [2.05, 4.69) is 15.9 Å². The van der Waals surface area contributed by atoms with Crippen molar-refractivity contribution in [2.75, 3.05) is 13.1 Å². The van der Waals surface area contributed by atoms with Gasteiger partial charge in [0.15, 0.2) is 0 Å². The molecule has 1 aliphatic carbocycles. The van der Waals surface area contributed by atoms with Gasteiger partial charge < -0.3 is 10.0 Å². The van der Waals surface area contributed by atoms with Crippen molar-refractivity contribution in [2.24, 2.45) is 5.92 Å². The molecule has 3 rings (SSSR count). The Bertz CT molecular complexity index is 502. The van der Waals surface area contributed by atoms with Crippen LogP contribution in [-0.4, -0.2) is 34.6 Å². The first-order chi connectivity index (χ1) is 9.58. The molecule has 2 aliphatic rings. The SMILES string of the molecule is O=C(c1ccc(Br)cc1)N1CCC2(O)CCCCC2C1. The first kappa shape index (κ1) is 14.1. The van der Waals surface area contributed by atoms with Gasteiger partial charge in [0, 0.05) is 29.0 Å². The number of hydrogen-bond acceptors (Lipinski definition) is 2. The van der Waals surface area contributed by atoms with E-state index in [0.29, 0.717) is 13.1 Å². The molecule has 0 aromatic heterocycles. The molecule has 2 fully saturated rings. The molecule has 1 aliphatic heterocycles. The summed E-state index contributed by atoms with van der Waals surface area (Å²) in [6.45, 7) is 1.37. The summed E-state index contributed by atoms with van der Waals surface area (Å²) in [6, 6.07) is 7.50. The second kappa shape index (κ2) is 5.49. The number of piperidine rings is 1. The summed E-state index contributed by atoms with van der Waals surface area (Å²) in [5, 5.41) is 10.7. The van der Waals surface area contributed by atoms with Crippen molar-refractivity contribution in [1.82, 2.24) is 4.90 Å². The minimum Gasteiger partial charge on any atom is -0.389 e. The summed E-state index contributed by atoms with van der Waals surface area (Å²) in [5.41, 5.74) is 0.212. The first-order valence-corrected chi connectivity index (χ1v) is 8.15. The van der Waals surface area contributed by atoms with Gasteiger partial charge in [-0.3, -0.25) is 4.79 Å². The summed E-state index contributed by atoms with van der Waals surface area (Å²) in [4.78, 5) is 14.4. The second-order valence-electron chi connectivity index (χ2n) is 6.05. The van der Waals surface area contributed by atoms with E-state index >= 15 is 0 Å². The molecular weight excluding hydrogens is 318 g/mol. The molecule has 1 aromatic carbocycles. The zero-order valence-corrected chi connectivity index (χ0v) is 13.1. The number of aliphatic hydroxyl groups is 1. The van der Waals surface area contributed by atoms with Crippen LogP contribution < -0.4 is 0 Å². The molecule has 3 nitrogen and oxygen atoms in total. The summed E-state index contributed by atoms with van der Waals surface area (Å²) in [7, 11) is 0. The molecule has 1 heterocycles. The van der Waals surface area contributed by atoms with E-state index in [0.717, 1.165) is 35.7 Å². The van der Waals surface area contributed by atoms with Crippen molar-refractivity contribution in [2.45, 2.75) is 37.7 Å². The number of likely N-dealkylation sites (tertiary alicyclic amines) is 1. The lowest BCUT2D eigenvalue weighted by Gasteiger charge is -2.47. The zero-order chi connectivity index (χ0) is 14.2. The van der Waals surface area contributed by atoms with E-state index in [-0.39, 0.29) is 11.8 Å². The molecule has 0 radical (unpaired) electrons. The van der Waals surface area contributed by atoms with E-state index in [1.165, 1.54) is 6.42 Å². The van der Waals surface area contributed by atoms with Gasteiger partial charge in [-0.2, -0.15) is 0 Å². The van der Waals surface area contributed by atoms with Gasteiger partial charge in [0.25, 0.3) is 5.91 Å². The van der Waals surface area contributed by atoms with Gasteiger partial charge in [-0.25, -0.2) is 0 Å². The second-order valence-corrected chi connectivity index (χ2v) is 6.97. The Morgan fingerprint density at radius 3 is 2.75 bits per heavy atom. The number of rotatable bonds is 1. The number of amides is 1. The van der Waals surface area contributed by atoms with Gasteiger partial charge in [0.1, 0.15) is 0 Å². The third-order valence-corrected chi connectivity index (χ3v) is 5.33. The molecule has 1 saturated carbocycles. The minimum absolute atomic E-state index is 0.0881. The first-order valence-electron chi connectivity index (χ1n) is 7.36. The lowest BCUT2D eigenvalue weighted by molar-refractivity contribution is -0.0886. The number of carbonyl (C=O) groups is 1. The lowest BCUT2D eigenvalue weighted by atomic mass is 9.71. The van der Waals surface area contributed by atoms with Crippen molar-refractivity contribution < 1.29 is 9.90 Å². The van der Waals surface area contributed by atoms with Crippen LogP contribution in [0.3, 0.4) is 0 Å². The molecule has 108 valence electrons. The fourth-order valence-electron chi connectivity index (χ4n) is 3.53. The topological polar surface area (TPSA) is 40.5 Å². The molecule has 0 bridgehead atoms. The van der Waals surface area contributed by atoms with Crippen LogP contribution in [-0.2, 0) is 0 Å². The maximum atomic E-state index is 12.5.